The van der Waals surface area contributed by atoms with Crippen LogP contribution in [0.4, 0.5) is 0 Å². The van der Waals surface area contributed by atoms with Gasteiger partial charge in [0, 0.05) is 6.42 Å². The molecule has 2 aromatic carbocycles. The Bertz CT molecular complexity index is 728. The number of halogens is 4. The van der Waals surface area contributed by atoms with Gasteiger partial charge in [-0.1, -0.05) is 0 Å². The summed E-state index contributed by atoms with van der Waals surface area (Å²) in [7, 11) is 0. The first-order chi connectivity index (χ1) is 11.3. The molecular formula is C17H14I4O3. The fraction of sp³-hybridized carbons (Fsp3) is 0.235. The molecule has 0 saturated heterocycles. The Morgan fingerprint density at radius 3 is 1.88 bits per heavy atom. The van der Waals surface area contributed by atoms with E-state index in [2.05, 4.69) is 90.4 Å². The van der Waals surface area contributed by atoms with Crippen LogP contribution < -0.4 is 9.47 Å². The van der Waals surface area contributed by atoms with Gasteiger partial charge in [0.2, 0.25) is 0 Å². The van der Waals surface area contributed by atoms with E-state index in [1.54, 1.807) is 6.92 Å². The van der Waals surface area contributed by atoms with E-state index in [-0.39, 0.29) is 5.78 Å². The van der Waals surface area contributed by atoms with Gasteiger partial charge < -0.3 is 9.47 Å². The summed E-state index contributed by atoms with van der Waals surface area (Å²) in [5, 5.41) is 0. The van der Waals surface area contributed by atoms with Gasteiger partial charge in [0.25, 0.3) is 0 Å². The number of benzene rings is 2. The van der Waals surface area contributed by atoms with Gasteiger partial charge in [-0.15, -0.1) is 0 Å². The summed E-state index contributed by atoms with van der Waals surface area (Å²) < 4.78 is 15.8. The molecule has 0 spiro atoms. The van der Waals surface area contributed by atoms with Crippen LogP contribution in [0.3, 0.4) is 0 Å². The second-order valence-electron chi connectivity index (χ2n) is 5.02. The summed E-state index contributed by atoms with van der Waals surface area (Å²) in [6, 6.07) is 7.96. The SMILES string of the molecule is CCOc1c(I)cc(Oc2c(I)cc(CC(C)=O)cc2I)cc1I. The summed E-state index contributed by atoms with van der Waals surface area (Å²) in [5.41, 5.74) is 1.01. The van der Waals surface area contributed by atoms with Crippen LogP contribution in [-0.4, -0.2) is 12.4 Å². The van der Waals surface area contributed by atoms with Crippen LogP contribution >= 0.6 is 90.4 Å². The molecule has 0 aromatic heterocycles. The van der Waals surface area contributed by atoms with Crippen LogP contribution in [0.15, 0.2) is 24.3 Å². The van der Waals surface area contributed by atoms with Crippen molar-refractivity contribution >= 4 is 96.1 Å². The summed E-state index contributed by atoms with van der Waals surface area (Å²) in [6.45, 7) is 4.22. The van der Waals surface area contributed by atoms with E-state index in [1.807, 2.05) is 31.2 Å². The Labute approximate surface area is 196 Å². The molecule has 0 radical (unpaired) electrons. The van der Waals surface area contributed by atoms with Crippen molar-refractivity contribution in [3.8, 4) is 17.2 Å². The number of rotatable bonds is 6. The van der Waals surface area contributed by atoms with E-state index in [0.29, 0.717) is 13.0 Å². The maximum atomic E-state index is 11.3. The van der Waals surface area contributed by atoms with Crippen molar-refractivity contribution < 1.29 is 14.3 Å². The van der Waals surface area contributed by atoms with Gasteiger partial charge in [0.05, 0.1) is 20.9 Å². The largest absolute Gasteiger partial charge is 0.492 e. The zero-order valence-electron chi connectivity index (χ0n) is 13.0. The van der Waals surface area contributed by atoms with Gasteiger partial charge in [-0.3, -0.25) is 4.79 Å². The molecule has 2 aromatic rings. The molecule has 3 nitrogen and oxygen atoms in total. The highest BCUT2D eigenvalue weighted by molar-refractivity contribution is 14.1. The molecule has 0 aliphatic rings. The first kappa shape index (κ1) is 20.9. The third-order valence-corrected chi connectivity index (χ3v) is 6.20. The Balaban J connectivity index is 2.33. The maximum absolute atomic E-state index is 11.3. The number of ketones is 1. The van der Waals surface area contributed by atoms with E-state index >= 15 is 0 Å². The molecular weight excluding hydrogens is 760 g/mol. The van der Waals surface area contributed by atoms with Gasteiger partial charge in [-0.2, -0.15) is 0 Å². The van der Waals surface area contributed by atoms with E-state index in [1.165, 1.54) is 0 Å². The number of ether oxygens (including phenoxy) is 2. The molecule has 0 saturated carbocycles. The number of hydrogen-bond donors (Lipinski definition) is 0. The third-order valence-electron chi connectivity index (χ3n) is 2.99. The van der Waals surface area contributed by atoms with Gasteiger partial charge in [-0.05, 0) is 134 Å². The van der Waals surface area contributed by atoms with Crippen molar-refractivity contribution in [2.75, 3.05) is 6.61 Å². The molecule has 0 aliphatic heterocycles. The van der Waals surface area contributed by atoms with E-state index in [0.717, 1.165) is 37.1 Å². The first-order valence-corrected chi connectivity index (χ1v) is 11.4. The second-order valence-corrected chi connectivity index (χ2v) is 9.67. The van der Waals surface area contributed by atoms with Gasteiger partial charge in [0.15, 0.2) is 5.75 Å². The van der Waals surface area contributed by atoms with Crippen molar-refractivity contribution in [2.24, 2.45) is 0 Å². The van der Waals surface area contributed by atoms with Crippen LogP contribution in [0.2, 0.25) is 0 Å². The average Bonchev–Trinajstić information content (AvgIpc) is 2.46. The molecule has 7 heteroatoms. The molecule has 24 heavy (non-hydrogen) atoms. The smallest absolute Gasteiger partial charge is 0.154 e. The number of carbonyl (C=O) groups excluding carboxylic acids is 1. The van der Waals surface area contributed by atoms with Gasteiger partial charge in [-0.25, -0.2) is 0 Å². The molecule has 0 N–H and O–H groups in total. The highest BCUT2D eigenvalue weighted by atomic mass is 127. The monoisotopic (exact) mass is 774 g/mol. The van der Waals surface area contributed by atoms with E-state index < -0.39 is 0 Å². The zero-order chi connectivity index (χ0) is 17.9. The van der Waals surface area contributed by atoms with E-state index in [4.69, 9.17) is 9.47 Å². The molecule has 128 valence electrons. The first-order valence-electron chi connectivity index (χ1n) is 7.08. The normalized spacial score (nSPS) is 10.6. The van der Waals surface area contributed by atoms with Crippen LogP contribution in [0.5, 0.6) is 17.2 Å². The van der Waals surface area contributed by atoms with Crippen LogP contribution in [0, 0.1) is 14.3 Å². The van der Waals surface area contributed by atoms with Crippen LogP contribution in [-0.2, 0) is 11.2 Å². The molecule has 0 amide bonds. The third kappa shape index (κ3) is 5.56. The predicted octanol–water partition coefficient (Wildman–Crippen LogP) is 6.43. The minimum absolute atomic E-state index is 0.158. The number of carbonyl (C=O) groups is 1. The summed E-state index contributed by atoms with van der Waals surface area (Å²) in [5.74, 6) is 2.65. The summed E-state index contributed by atoms with van der Waals surface area (Å²) in [4.78, 5) is 11.3. The Morgan fingerprint density at radius 1 is 0.917 bits per heavy atom. The highest BCUT2D eigenvalue weighted by Crippen LogP contribution is 2.37. The lowest BCUT2D eigenvalue weighted by Crippen LogP contribution is -2.00. The predicted molar refractivity (Wildman–Crippen MR) is 129 cm³/mol. The molecule has 0 bridgehead atoms. The maximum Gasteiger partial charge on any atom is 0.154 e. The zero-order valence-corrected chi connectivity index (χ0v) is 21.6. The Morgan fingerprint density at radius 2 is 1.42 bits per heavy atom. The average molecular weight is 774 g/mol. The van der Waals surface area contributed by atoms with Gasteiger partial charge in [0.1, 0.15) is 17.3 Å². The lowest BCUT2D eigenvalue weighted by Gasteiger charge is -2.14. The molecule has 0 aliphatic carbocycles. The Kier molecular flexibility index (Phi) is 8.32. The highest BCUT2D eigenvalue weighted by Gasteiger charge is 2.14. The van der Waals surface area contributed by atoms with Crippen molar-refractivity contribution in [3.63, 3.8) is 0 Å². The fourth-order valence-electron chi connectivity index (χ4n) is 2.10. The summed E-state index contributed by atoms with van der Waals surface area (Å²) in [6.07, 6.45) is 0.450. The number of Topliss-reactive ketones (excluding diaryl/α,β-unsaturated/α-hetero) is 1. The Hall–Kier alpha value is 0.630. The summed E-state index contributed by atoms with van der Waals surface area (Å²) >= 11 is 9.03. The van der Waals surface area contributed by atoms with E-state index in [9.17, 15) is 4.79 Å². The fourth-order valence-corrected chi connectivity index (χ4v) is 6.23. The molecule has 0 unspecified atom stereocenters. The topological polar surface area (TPSA) is 35.5 Å². The molecule has 0 atom stereocenters. The molecule has 0 fully saturated rings. The minimum Gasteiger partial charge on any atom is -0.492 e. The molecule has 2 rings (SSSR count). The van der Waals surface area contributed by atoms with Crippen LogP contribution in [0.1, 0.15) is 19.4 Å². The second kappa shape index (κ2) is 9.53. The lowest BCUT2D eigenvalue weighted by molar-refractivity contribution is -0.116. The quantitative estimate of drug-likeness (QED) is 0.318. The lowest BCUT2D eigenvalue weighted by atomic mass is 10.1. The number of hydrogen-bond acceptors (Lipinski definition) is 3. The van der Waals surface area contributed by atoms with Crippen molar-refractivity contribution in [2.45, 2.75) is 20.3 Å². The minimum atomic E-state index is 0.158. The van der Waals surface area contributed by atoms with Gasteiger partial charge >= 0.3 is 0 Å². The standard InChI is InChI=1S/C17H14I4O3/c1-3-23-16-14(20)7-11(8-15(16)21)24-17-12(18)5-10(4-9(2)22)6-13(17)19/h5-8H,3-4H2,1-2H3. The van der Waals surface area contributed by atoms with Crippen LogP contribution in [0.25, 0.3) is 0 Å². The molecule has 0 heterocycles. The van der Waals surface area contributed by atoms with Crippen molar-refractivity contribution in [3.05, 3.63) is 44.1 Å². The van der Waals surface area contributed by atoms with Crippen molar-refractivity contribution in [1.29, 1.82) is 0 Å². The van der Waals surface area contributed by atoms with Crippen molar-refractivity contribution in [1.82, 2.24) is 0 Å².